The summed E-state index contributed by atoms with van der Waals surface area (Å²) < 4.78 is 46.0. The number of nitrogens with zero attached hydrogens (tertiary/aromatic N) is 2. The second kappa shape index (κ2) is 5.92. The molecule has 0 amide bonds. The average Bonchev–Trinajstić information content (AvgIpc) is 2.34. The Bertz CT molecular complexity index is 563. The number of hydrogen-bond acceptors (Lipinski definition) is 4. The van der Waals surface area contributed by atoms with Gasteiger partial charge >= 0.3 is 6.18 Å². The van der Waals surface area contributed by atoms with Crippen molar-refractivity contribution in [2.75, 3.05) is 13.7 Å². The van der Waals surface area contributed by atoms with Crippen LogP contribution in [0.1, 0.15) is 0 Å². The second-order valence-electron chi connectivity index (χ2n) is 3.49. The summed E-state index contributed by atoms with van der Waals surface area (Å²) in [5.41, 5.74) is 0.489. The number of halogens is 4. The smallest absolute Gasteiger partial charge is 0.422 e. The maximum atomic E-state index is 12.1. The molecule has 0 N–H and O–H groups in total. The molecule has 0 fully saturated rings. The summed E-state index contributed by atoms with van der Waals surface area (Å²) in [6, 6.07) is 2.92. The third-order valence-electron chi connectivity index (χ3n) is 2.18. The molecule has 0 unspecified atom stereocenters. The molecule has 0 radical (unpaired) electrons. The van der Waals surface area contributed by atoms with Gasteiger partial charge in [0.2, 0.25) is 0 Å². The molecule has 4 nitrogen and oxygen atoms in total. The largest absolute Gasteiger partial charge is 0.493 e. The van der Waals surface area contributed by atoms with E-state index in [0.717, 1.165) is 0 Å². The van der Waals surface area contributed by atoms with Gasteiger partial charge in [0.1, 0.15) is 6.33 Å². The standard InChI is InChI=1S/C11H9F3N2O2.ClH/c1-17-9-2-7-4-15-6-16-8(7)3-10(9)18-5-11(12,13)14;/h2-4,6H,5H2,1H3;1H. The normalized spacial score (nSPS) is 10.9. The van der Waals surface area contributed by atoms with Crippen LogP contribution in [0.4, 0.5) is 13.2 Å². The van der Waals surface area contributed by atoms with Gasteiger partial charge in [0, 0.05) is 17.6 Å². The van der Waals surface area contributed by atoms with Crippen molar-refractivity contribution in [3.05, 3.63) is 24.7 Å². The number of fused-ring (bicyclic) bond motifs is 1. The van der Waals surface area contributed by atoms with Crippen LogP contribution >= 0.6 is 12.4 Å². The molecule has 0 aliphatic carbocycles. The summed E-state index contributed by atoms with van der Waals surface area (Å²) in [6.07, 6.45) is -1.55. The van der Waals surface area contributed by atoms with Gasteiger partial charge in [-0.15, -0.1) is 12.4 Å². The van der Waals surface area contributed by atoms with Crippen LogP contribution in [0, 0.1) is 0 Å². The Labute approximate surface area is 113 Å². The number of hydrogen-bond donors (Lipinski definition) is 0. The van der Waals surface area contributed by atoms with E-state index < -0.39 is 12.8 Å². The fourth-order valence-corrected chi connectivity index (χ4v) is 1.42. The van der Waals surface area contributed by atoms with E-state index in [1.54, 1.807) is 6.20 Å². The van der Waals surface area contributed by atoms with Crippen molar-refractivity contribution in [3.63, 3.8) is 0 Å². The lowest BCUT2D eigenvalue weighted by atomic mass is 10.2. The molecule has 0 saturated carbocycles. The number of benzene rings is 1. The number of methoxy groups -OCH3 is 1. The topological polar surface area (TPSA) is 44.2 Å². The molecule has 0 saturated heterocycles. The maximum absolute atomic E-state index is 12.1. The zero-order valence-corrected chi connectivity index (χ0v) is 10.6. The van der Waals surface area contributed by atoms with Gasteiger partial charge in [-0.1, -0.05) is 0 Å². The van der Waals surface area contributed by atoms with Crippen molar-refractivity contribution in [2.45, 2.75) is 6.18 Å². The summed E-state index contributed by atoms with van der Waals surface area (Å²) in [5.74, 6) is 0.211. The van der Waals surface area contributed by atoms with Gasteiger partial charge in [-0.3, -0.25) is 0 Å². The van der Waals surface area contributed by atoms with Crippen molar-refractivity contribution in [2.24, 2.45) is 0 Å². The molecule has 0 bridgehead atoms. The summed E-state index contributed by atoms with van der Waals surface area (Å²) in [4.78, 5) is 7.75. The first-order chi connectivity index (χ1) is 8.49. The highest BCUT2D eigenvalue weighted by atomic mass is 35.5. The summed E-state index contributed by atoms with van der Waals surface area (Å²) in [5, 5.41) is 0.661. The Balaban J connectivity index is 0.00000180. The maximum Gasteiger partial charge on any atom is 0.422 e. The van der Waals surface area contributed by atoms with Gasteiger partial charge in [0.15, 0.2) is 18.1 Å². The average molecular weight is 295 g/mol. The third-order valence-corrected chi connectivity index (χ3v) is 2.18. The first kappa shape index (κ1) is 15.3. The number of alkyl halides is 3. The minimum atomic E-state index is -4.40. The molecule has 1 aromatic heterocycles. The molecular weight excluding hydrogens is 285 g/mol. The van der Waals surface area contributed by atoms with Crippen molar-refractivity contribution >= 4 is 23.3 Å². The Morgan fingerprint density at radius 3 is 2.58 bits per heavy atom. The van der Waals surface area contributed by atoms with Crippen molar-refractivity contribution in [3.8, 4) is 11.5 Å². The highest BCUT2D eigenvalue weighted by molar-refractivity contribution is 5.85. The highest BCUT2D eigenvalue weighted by Crippen LogP contribution is 2.32. The molecule has 0 aliphatic rings. The van der Waals surface area contributed by atoms with Crippen LogP contribution in [-0.4, -0.2) is 29.9 Å². The van der Waals surface area contributed by atoms with E-state index in [-0.39, 0.29) is 23.9 Å². The minimum absolute atomic E-state index is 0. The van der Waals surface area contributed by atoms with Crippen LogP contribution in [0.5, 0.6) is 11.5 Å². The van der Waals surface area contributed by atoms with E-state index in [2.05, 4.69) is 9.97 Å². The highest BCUT2D eigenvalue weighted by Gasteiger charge is 2.29. The van der Waals surface area contributed by atoms with Gasteiger partial charge < -0.3 is 9.47 Å². The molecular formula is C11H10ClF3N2O2. The van der Waals surface area contributed by atoms with Gasteiger partial charge in [-0.25, -0.2) is 9.97 Å². The molecule has 1 aromatic carbocycles. The molecule has 19 heavy (non-hydrogen) atoms. The van der Waals surface area contributed by atoms with E-state index >= 15 is 0 Å². The van der Waals surface area contributed by atoms with Crippen LogP contribution in [0.15, 0.2) is 24.7 Å². The van der Waals surface area contributed by atoms with Crippen molar-refractivity contribution < 1.29 is 22.6 Å². The fraction of sp³-hybridized carbons (Fsp3) is 0.273. The molecule has 0 atom stereocenters. The van der Waals surface area contributed by atoms with E-state index in [1.807, 2.05) is 0 Å². The number of rotatable bonds is 3. The van der Waals surface area contributed by atoms with E-state index in [0.29, 0.717) is 10.9 Å². The van der Waals surface area contributed by atoms with Gasteiger partial charge in [0.05, 0.1) is 12.6 Å². The van der Waals surface area contributed by atoms with E-state index in [1.165, 1.54) is 25.6 Å². The zero-order chi connectivity index (χ0) is 13.2. The van der Waals surface area contributed by atoms with Crippen LogP contribution in [0.2, 0.25) is 0 Å². The predicted molar refractivity (Wildman–Crippen MR) is 64.9 cm³/mol. The lowest BCUT2D eigenvalue weighted by Crippen LogP contribution is -2.19. The summed E-state index contributed by atoms with van der Waals surface area (Å²) in [7, 11) is 1.35. The van der Waals surface area contributed by atoms with Gasteiger partial charge in [0.25, 0.3) is 0 Å². The third kappa shape index (κ3) is 3.85. The fourth-order valence-electron chi connectivity index (χ4n) is 1.42. The van der Waals surface area contributed by atoms with Crippen molar-refractivity contribution in [1.29, 1.82) is 0 Å². The van der Waals surface area contributed by atoms with Crippen LogP contribution < -0.4 is 9.47 Å². The Morgan fingerprint density at radius 2 is 1.95 bits per heavy atom. The van der Waals surface area contributed by atoms with Crippen LogP contribution in [0.3, 0.4) is 0 Å². The first-order valence-electron chi connectivity index (χ1n) is 4.97. The van der Waals surface area contributed by atoms with E-state index in [4.69, 9.17) is 9.47 Å². The molecule has 1 heterocycles. The summed E-state index contributed by atoms with van der Waals surface area (Å²) >= 11 is 0. The molecule has 0 spiro atoms. The Hall–Kier alpha value is -1.76. The summed E-state index contributed by atoms with van der Waals surface area (Å²) in [6.45, 7) is -1.38. The Kier molecular flexibility index (Phi) is 4.77. The van der Waals surface area contributed by atoms with E-state index in [9.17, 15) is 13.2 Å². The second-order valence-corrected chi connectivity index (χ2v) is 3.49. The van der Waals surface area contributed by atoms with Gasteiger partial charge in [-0.2, -0.15) is 13.2 Å². The lowest BCUT2D eigenvalue weighted by molar-refractivity contribution is -0.153. The quantitative estimate of drug-likeness (QED) is 0.873. The predicted octanol–water partition coefficient (Wildman–Crippen LogP) is 3.00. The lowest BCUT2D eigenvalue weighted by Gasteiger charge is -2.12. The zero-order valence-electron chi connectivity index (χ0n) is 9.77. The number of ether oxygens (including phenoxy) is 2. The first-order valence-corrected chi connectivity index (χ1v) is 4.97. The molecule has 2 rings (SSSR count). The molecule has 104 valence electrons. The number of aromatic nitrogens is 2. The minimum Gasteiger partial charge on any atom is -0.493 e. The van der Waals surface area contributed by atoms with Crippen LogP contribution in [-0.2, 0) is 0 Å². The SMILES string of the molecule is COc1cc2cncnc2cc1OCC(F)(F)F.Cl. The van der Waals surface area contributed by atoms with Gasteiger partial charge in [-0.05, 0) is 6.07 Å². The molecule has 2 aromatic rings. The van der Waals surface area contributed by atoms with Crippen LogP contribution in [0.25, 0.3) is 10.9 Å². The van der Waals surface area contributed by atoms with Crippen molar-refractivity contribution in [1.82, 2.24) is 9.97 Å². The molecule has 8 heteroatoms. The monoisotopic (exact) mass is 294 g/mol. The Morgan fingerprint density at radius 1 is 1.21 bits per heavy atom. The molecule has 0 aliphatic heterocycles.